The molecule has 0 saturated carbocycles. The molecular formula is C12H11N3OS. The number of para-hydroxylation sites is 1. The lowest BCUT2D eigenvalue weighted by Crippen LogP contribution is -2.03. The molecule has 1 N–H and O–H groups in total. The van der Waals surface area contributed by atoms with E-state index >= 15 is 0 Å². The Bertz CT molecular complexity index is 585. The SMILES string of the molecule is CC(Nc1cnns1)c1cc2ccccc2o1. The summed E-state index contributed by atoms with van der Waals surface area (Å²) in [5, 5.41) is 9.15. The fourth-order valence-corrected chi connectivity index (χ4v) is 2.24. The molecule has 3 aromatic rings. The van der Waals surface area contributed by atoms with Crippen LogP contribution in [0.25, 0.3) is 11.0 Å². The van der Waals surface area contributed by atoms with E-state index < -0.39 is 0 Å². The number of nitrogens with one attached hydrogen (secondary N) is 1. The van der Waals surface area contributed by atoms with Crippen molar-refractivity contribution >= 4 is 27.5 Å². The number of anilines is 1. The third-order valence-corrected chi connectivity index (χ3v) is 3.19. The van der Waals surface area contributed by atoms with Crippen molar-refractivity contribution in [2.45, 2.75) is 13.0 Å². The van der Waals surface area contributed by atoms with Crippen LogP contribution in [0.4, 0.5) is 5.00 Å². The van der Waals surface area contributed by atoms with E-state index in [4.69, 9.17) is 4.42 Å². The standard InChI is InChI=1S/C12H11N3OS/c1-8(14-12-7-13-15-17-12)11-6-9-4-2-3-5-10(9)16-11/h2-8,14H,1H3. The van der Waals surface area contributed by atoms with Gasteiger partial charge in [-0.2, -0.15) is 0 Å². The number of rotatable bonds is 3. The van der Waals surface area contributed by atoms with Crippen LogP contribution in [-0.2, 0) is 0 Å². The maximum absolute atomic E-state index is 5.78. The van der Waals surface area contributed by atoms with Crippen molar-refractivity contribution in [1.82, 2.24) is 9.59 Å². The Hall–Kier alpha value is -1.88. The van der Waals surface area contributed by atoms with E-state index in [0.717, 1.165) is 21.7 Å². The van der Waals surface area contributed by atoms with Gasteiger partial charge in [-0.05, 0) is 19.1 Å². The molecule has 5 heteroatoms. The maximum atomic E-state index is 5.78. The lowest BCUT2D eigenvalue weighted by Gasteiger charge is -2.09. The summed E-state index contributed by atoms with van der Waals surface area (Å²) in [6, 6.07) is 10.2. The lowest BCUT2D eigenvalue weighted by atomic mass is 10.2. The molecule has 17 heavy (non-hydrogen) atoms. The molecule has 0 aliphatic rings. The molecule has 0 amide bonds. The average Bonchev–Trinajstić information content (AvgIpc) is 2.96. The Balaban J connectivity index is 1.88. The molecule has 1 atom stereocenters. The van der Waals surface area contributed by atoms with Crippen molar-refractivity contribution in [3.63, 3.8) is 0 Å². The summed E-state index contributed by atoms with van der Waals surface area (Å²) in [5.41, 5.74) is 0.915. The van der Waals surface area contributed by atoms with E-state index in [2.05, 4.69) is 27.9 Å². The first-order valence-electron chi connectivity index (χ1n) is 5.35. The Morgan fingerprint density at radius 1 is 1.35 bits per heavy atom. The topological polar surface area (TPSA) is 51.0 Å². The highest BCUT2D eigenvalue weighted by Crippen LogP contribution is 2.26. The molecule has 0 bridgehead atoms. The van der Waals surface area contributed by atoms with E-state index in [9.17, 15) is 0 Å². The third kappa shape index (κ3) is 2.01. The quantitative estimate of drug-likeness (QED) is 0.767. The van der Waals surface area contributed by atoms with Crippen LogP contribution >= 0.6 is 11.5 Å². The van der Waals surface area contributed by atoms with Crippen LogP contribution in [0.3, 0.4) is 0 Å². The maximum Gasteiger partial charge on any atom is 0.134 e. The first-order chi connectivity index (χ1) is 8.33. The van der Waals surface area contributed by atoms with Crippen molar-refractivity contribution < 1.29 is 4.42 Å². The number of nitrogens with zero attached hydrogens (tertiary/aromatic N) is 2. The second kappa shape index (κ2) is 4.18. The largest absolute Gasteiger partial charge is 0.459 e. The van der Waals surface area contributed by atoms with Gasteiger partial charge >= 0.3 is 0 Å². The molecule has 0 aliphatic heterocycles. The highest BCUT2D eigenvalue weighted by Gasteiger charge is 2.11. The van der Waals surface area contributed by atoms with Crippen molar-refractivity contribution in [2.75, 3.05) is 5.32 Å². The van der Waals surface area contributed by atoms with Crippen molar-refractivity contribution in [2.24, 2.45) is 0 Å². The van der Waals surface area contributed by atoms with Gasteiger partial charge in [0.1, 0.15) is 16.3 Å². The van der Waals surface area contributed by atoms with Gasteiger partial charge < -0.3 is 9.73 Å². The Labute approximate surface area is 102 Å². The fourth-order valence-electron chi connectivity index (χ4n) is 1.73. The number of hydrogen-bond acceptors (Lipinski definition) is 5. The zero-order chi connectivity index (χ0) is 11.7. The summed E-state index contributed by atoms with van der Waals surface area (Å²) in [4.78, 5) is 0. The van der Waals surface area contributed by atoms with Gasteiger partial charge in [-0.3, -0.25) is 0 Å². The van der Waals surface area contributed by atoms with Crippen molar-refractivity contribution in [1.29, 1.82) is 0 Å². The van der Waals surface area contributed by atoms with E-state index in [-0.39, 0.29) is 6.04 Å². The first-order valence-corrected chi connectivity index (χ1v) is 6.12. The number of aromatic nitrogens is 2. The molecule has 0 aliphatic carbocycles. The molecule has 0 fully saturated rings. The summed E-state index contributed by atoms with van der Waals surface area (Å²) in [6.07, 6.45) is 1.71. The second-order valence-corrected chi connectivity index (χ2v) is 4.62. The molecule has 0 saturated heterocycles. The summed E-state index contributed by atoms with van der Waals surface area (Å²) in [6.45, 7) is 2.05. The Kier molecular flexibility index (Phi) is 2.53. The minimum absolute atomic E-state index is 0.102. The van der Waals surface area contributed by atoms with Gasteiger partial charge in [0.2, 0.25) is 0 Å². The predicted octanol–water partition coefficient (Wildman–Crippen LogP) is 3.46. The average molecular weight is 245 g/mol. The molecule has 0 spiro atoms. The number of hydrogen-bond donors (Lipinski definition) is 1. The van der Waals surface area contributed by atoms with Gasteiger partial charge in [0.15, 0.2) is 0 Å². The van der Waals surface area contributed by atoms with E-state index in [1.165, 1.54) is 11.5 Å². The van der Waals surface area contributed by atoms with Crippen molar-refractivity contribution in [3.05, 3.63) is 42.3 Å². The van der Waals surface area contributed by atoms with Gasteiger partial charge in [0.25, 0.3) is 0 Å². The summed E-state index contributed by atoms with van der Waals surface area (Å²) in [7, 11) is 0. The number of fused-ring (bicyclic) bond motifs is 1. The van der Waals surface area contributed by atoms with Crippen LogP contribution < -0.4 is 5.32 Å². The van der Waals surface area contributed by atoms with Gasteiger partial charge in [0, 0.05) is 16.9 Å². The Morgan fingerprint density at radius 2 is 2.24 bits per heavy atom. The zero-order valence-electron chi connectivity index (χ0n) is 9.25. The van der Waals surface area contributed by atoms with Gasteiger partial charge in [-0.1, -0.05) is 22.7 Å². The highest BCUT2D eigenvalue weighted by molar-refractivity contribution is 7.09. The lowest BCUT2D eigenvalue weighted by molar-refractivity contribution is 0.526. The van der Waals surface area contributed by atoms with Crippen LogP contribution in [0.15, 0.2) is 40.9 Å². The molecule has 1 aromatic carbocycles. The molecule has 4 nitrogen and oxygen atoms in total. The zero-order valence-corrected chi connectivity index (χ0v) is 10.1. The minimum Gasteiger partial charge on any atom is -0.459 e. The summed E-state index contributed by atoms with van der Waals surface area (Å²) < 4.78 is 9.59. The molecule has 1 unspecified atom stereocenters. The number of furan rings is 1. The van der Waals surface area contributed by atoms with Gasteiger partial charge in [-0.15, -0.1) is 5.10 Å². The molecule has 2 heterocycles. The van der Waals surface area contributed by atoms with Gasteiger partial charge in [0.05, 0.1) is 12.2 Å². The van der Waals surface area contributed by atoms with Crippen LogP contribution in [0.1, 0.15) is 18.7 Å². The number of benzene rings is 1. The van der Waals surface area contributed by atoms with Crippen molar-refractivity contribution in [3.8, 4) is 0 Å². The highest BCUT2D eigenvalue weighted by atomic mass is 32.1. The predicted molar refractivity (Wildman–Crippen MR) is 68.2 cm³/mol. The molecule has 3 rings (SSSR count). The molecular weight excluding hydrogens is 234 g/mol. The molecule has 0 radical (unpaired) electrons. The van der Waals surface area contributed by atoms with Gasteiger partial charge in [-0.25, -0.2) is 0 Å². The summed E-state index contributed by atoms with van der Waals surface area (Å²) in [5.74, 6) is 0.916. The van der Waals surface area contributed by atoms with E-state index in [1.54, 1.807) is 6.20 Å². The molecule has 2 aromatic heterocycles. The minimum atomic E-state index is 0.102. The second-order valence-electron chi connectivity index (χ2n) is 3.83. The van der Waals surface area contributed by atoms with Crippen LogP contribution in [0.5, 0.6) is 0 Å². The smallest absolute Gasteiger partial charge is 0.134 e. The normalized spacial score (nSPS) is 12.8. The monoisotopic (exact) mass is 245 g/mol. The van der Waals surface area contributed by atoms with Crippen LogP contribution in [0.2, 0.25) is 0 Å². The van der Waals surface area contributed by atoms with E-state index in [0.29, 0.717) is 0 Å². The van der Waals surface area contributed by atoms with Crippen LogP contribution in [0, 0.1) is 0 Å². The fraction of sp³-hybridized carbons (Fsp3) is 0.167. The third-order valence-electron chi connectivity index (χ3n) is 2.59. The first kappa shape index (κ1) is 10.3. The Morgan fingerprint density at radius 3 is 3.00 bits per heavy atom. The van der Waals surface area contributed by atoms with E-state index in [1.807, 2.05) is 24.3 Å². The van der Waals surface area contributed by atoms with Crippen LogP contribution in [-0.4, -0.2) is 9.59 Å². The summed E-state index contributed by atoms with van der Waals surface area (Å²) >= 11 is 1.34. The molecule has 86 valence electrons.